The van der Waals surface area contributed by atoms with Crippen molar-refractivity contribution >= 4 is 16.7 Å². The number of nitrogens with two attached hydrogens (primary N) is 1. The highest BCUT2D eigenvalue weighted by molar-refractivity contribution is 5.88. The summed E-state index contributed by atoms with van der Waals surface area (Å²) in [5.74, 6) is 1.45. The Labute approximate surface area is 102 Å². The molecule has 1 saturated carbocycles. The van der Waals surface area contributed by atoms with Crippen LogP contribution in [0.4, 0.5) is 5.82 Å². The molecule has 3 heteroatoms. The molecule has 3 rings (SSSR count). The molecule has 0 amide bonds. The summed E-state index contributed by atoms with van der Waals surface area (Å²) in [7, 11) is 0. The third kappa shape index (κ3) is 2.02. The molecule has 0 radical (unpaired) electrons. The average molecular weight is 229 g/mol. The van der Waals surface area contributed by atoms with E-state index in [1.54, 1.807) is 0 Å². The Hall–Kier alpha value is -1.51. The van der Waals surface area contributed by atoms with Crippen LogP contribution in [0.5, 0.6) is 0 Å². The summed E-state index contributed by atoms with van der Waals surface area (Å²) in [4.78, 5) is 0. The summed E-state index contributed by atoms with van der Waals surface area (Å²) in [5.41, 5.74) is 7.13. The fourth-order valence-electron chi connectivity index (χ4n) is 2.91. The van der Waals surface area contributed by atoms with Crippen LogP contribution in [0.25, 0.3) is 10.9 Å². The Morgan fingerprint density at radius 2 is 1.94 bits per heavy atom. The molecule has 0 spiro atoms. The fourth-order valence-corrected chi connectivity index (χ4v) is 2.91. The van der Waals surface area contributed by atoms with Crippen LogP contribution in [0.3, 0.4) is 0 Å². The van der Waals surface area contributed by atoms with Gasteiger partial charge in [-0.05, 0) is 30.9 Å². The largest absolute Gasteiger partial charge is 0.382 e. The molecule has 90 valence electrons. The third-order valence-electron chi connectivity index (χ3n) is 3.84. The zero-order chi connectivity index (χ0) is 11.7. The molecule has 1 aliphatic rings. The first-order chi connectivity index (χ1) is 8.34. The van der Waals surface area contributed by atoms with Crippen molar-refractivity contribution in [3.05, 3.63) is 24.3 Å². The number of nitrogen functional groups attached to an aromatic ring is 1. The van der Waals surface area contributed by atoms with Gasteiger partial charge in [0.1, 0.15) is 0 Å². The van der Waals surface area contributed by atoms with Crippen LogP contribution < -0.4 is 5.73 Å². The quantitative estimate of drug-likeness (QED) is 0.859. The van der Waals surface area contributed by atoms with Crippen molar-refractivity contribution in [2.24, 2.45) is 5.92 Å². The van der Waals surface area contributed by atoms with Crippen molar-refractivity contribution in [3.63, 3.8) is 0 Å². The van der Waals surface area contributed by atoms with Gasteiger partial charge in [-0.3, -0.25) is 4.68 Å². The van der Waals surface area contributed by atoms with Gasteiger partial charge in [0.25, 0.3) is 0 Å². The van der Waals surface area contributed by atoms with E-state index in [9.17, 15) is 0 Å². The second-order valence-corrected chi connectivity index (χ2v) is 5.09. The Balaban J connectivity index is 1.89. The summed E-state index contributed by atoms with van der Waals surface area (Å²) < 4.78 is 2.10. The Kier molecular flexibility index (Phi) is 2.75. The summed E-state index contributed by atoms with van der Waals surface area (Å²) >= 11 is 0. The summed E-state index contributed by atoms with van der Waals surface area (Å²) in [6.45, 7) is 1.03. The van der Waals surface area contributed by atoms with E-state index in [1.807, 2.05) is 6.07 Å². The summed E-state index contributed by atoms with van der Waals surface area (Å²) in [5, 5.41) is 5.56. The number of para-hydroxylation sites is 1. The van der Waals surface area contributed by atoms with Crippen molar-refractivity contribution in [3.8, 4) is 0 Å². The lowest BCUT2D eigenvalue weighted by atomic mass is 9.89. The molecule has 2 aromatic rings. The normalized spacial score (nSPS) is 17.6. The van der Waals surface area contributed by atoms with Gasteiger partial charge < -0.3 is 5.73 Å². The van der Waals surface area contributed by atoms with Gasteiger partial charge in [-0.25, -0.2) is 0 Å². The number of hydrogen-bond donors (Lipinski definition) is 1. The lowest BCUT2D eigenvalue weighted by Crippen LogP contribution is -2.15. The van der Waals surface area contributed by atoms with Crippen molar-refractivity contribution in [1.29, 1.82) is 0 Å². The molecule has 0 atom stereocenters. The maximum Gasteiger partial charge on any atom is 0.153 e. The molecule has 1 aromatic heterocycles. The van der Waals surface area contributed by atoms with Crippen molar-refractivity contribution in [2.45, 2.75) is 38.6 Å². The van der Waals surface area contributed by atoms with Gasteiger partial charge in [-0.15, -0.1) is 0 Å². The molecule has 2 N–H and O–H groups in total. The predicted octanol–water partition coefficient (Wildman–Crippen LogP) is 3.20. The molecular weight excluding hydrogens is 210 g/mol. The first-order valence-electron chi connectivity index (χ1n) is 6.55. The van der Waals surface area contributed by atoms with Gasteiger partial charge in [0, 0.05) is 11.9 Å². The van der Waals surface area contributed by atoms with Crippen molar-refractivity contribution in [1.82, 2.24) is 9.78 Å². The maximum absolute atomic E-state index is 5.95. The molecule has 0 unspecified atom stereocenters. The van der Waals surface area contributed by atoms with E-state index in [2.05, 4.69) is 28.0 Å². The lowest BCUT2D eigenvalue weighted by molar-refractivity contribution is 0.312. The highest BCUT2D eigenvalue weighted by Crippen LogP contribution is 2.27. The number of benzene rings is 1. The number of rotatable bonds is 2. The van der Waals surface area contributed by atoms with Gasteiger partial charge in [0.05, 0.1) is 5.52 Å². The van der Waals surface area contributed by atoms with E-state index >= 15 is 0 Å². The van der Waals surface area contributed by atoms with E-state index in [0.29, 0.717) is 5.82 Å². The molecule has 0 saturated heterocycles. The molecule has 3 nitrogen and oxygen atoms in total. The molecule has 17 heavy (non-hydrogen) atoms. The van der Waals surface area contributed by atoms with Crippen LogP contribution in [0, 0.1) is 5.92 Å². The first-order valence-corrected chi connectivity index (χ1v) is 6.55. The maximum atomic E-state index is 5.95. The second-order valence-electron chi connectivity index (χ2n) is 5.09. The van der Waals surface area contributed by atoms with Crippen LogP contribution >= 0.6 is 0 Å². The molecule has 1 heterocycles. The Morgan fingerprint density at radius 1 is 1.18 bits per heavy atom. The highest BCUT2D eigenvalue weighted by atomic mass is 15.3. The molecule has 1 aromatic carbocycles. The van der Waals surface area contributed by atoms with Crippen molar-refractivity contribution < 1.29 is 0 Å². The van der Waals surface area contributed by atoms with E-state index in [4.69, 9.17) is 5.73 Å². The number of aromatic nitrogens is 2. The molecule has 0 aliphatic heterocycles. The molecule has 1 fully saturated rings. The number of anilines is 1. The van der Waals surface area contributed by atoms with Gasteiger partial charge in [0.15, 0.2) is 5.82 Å². The molecular formula is C14H19N3. The van der Waals surface area contributed by atoms with E-state index in [-0.39, 0.29) is 0 Å². The minimum Gasteiger partial charge on any atom is -0.382 e. The summed E-state index contributed by atoms with van der Waals surface area (Å²) in [6.07, 6.45) is 6.83. The Morgan fingerprint density at radius 3 is 2.76 bits per heavy atom. The Bertz CT molecular complexity index is 509. The highest BCUT2D eigenvalue weighted by Gasteiger charge is 2.16. The van der Waals surface area contributed by atoms with Crippen LogP contribution in [0.15, 0.2) is 24.3 Å². The minimum absolute atomic E-state index is 0.663. The average Bonchev–Trinajstić information content (AvgIpc) is 2.69. The smallest absolute Gasteiger partial charge is 0.153 e. The number of hydrogen-bond acceptors (Lipinski definition) is 2. The molecule has 1 aliphatic carbocycles. The zero-order valence-electron chi connectivity index (χ0n) is 10.1. The van der Waals surface area contributed by atoms with E-state index < -0.39 is 0 Å². The van der Waals surface area contributed by atoms with Crippen LogP contribution in [-0.4, -0.2) is 9.78 Å². The van der Waals surface area contributed by atoms with Crippen LogP contribution in [-0.2, 0) is 6.54 Å². The second kappa shape index (κ2) is 4.40. The lowest BCUT2D eigenvalue weighted by Gasteiger charge is -2.21. The SMILES string of the molecule is Nc1nn(CC2CCCCC2)c2ccccc12. The number of nitrogens with zero attached hydrogens (tertiary/aromatic N) is 2. The van der Waals surface area contributed by atoms with E-state index in [1.165, 1.54) is 37.6 Å². The third-order valence-corrected chi connectivity index (χ3v) is 3.84. The van der Waals surface area contributed by atoms with Gasteiger partial charge >= 0.3 is 0 Å². The van der Waals surface area contributed by atoms with Gasteiger partial charge in [-0.2, -0.15) is 5.10 Å². The monoisotopic (exact) mass is 229 g/mol. The van der Waals surface area contributed by atoms with Gasteiger partial charge in [0.2, 0.25) is 0 Å². The standard InChI is InChI=1S/C14H19N3/c15-14-12-8-4-5-9-13(12)17(16-14)10-11-6-2-1-3-7-11/h4-5,8-9,11H,1-3,6-7,10H2,(H2,15,16). The summed E-state index contributed by atoms with van der Waals surface area (Å²) in [6, 6.07) is 8.24. The van der Waals surface area contributed by atoms with Crippen molar-refractivity contribution in [2.75, 3.05) is 5.73 Å². The van der Waals surface area contributed by atoms with Crippen LogP contribution in [0.1, 0.15) is 32.1 Å². The van der Waals surface area contributed by atoms with Crippen LogP contribution in [0.2, 0.25) is 0 Å². The minimum atomic E-state index is 0.663. The molecule has 0 bridgehead atoms. The topological polar surface area (TPSA) is 43.8 Å². The predicted molar refractivity (Wildman–Crippen MR) is 70.7 cm³/mol. The number of fused-ring (bicyclic) bond motifs is 1. The fraction of sp³-hybridized carbons (Fsp3) is 0.500. The van der Waals surface area contributed by atoms with E-state index in [0.717, 1.165) is 17.8 Å². The first kappa shape index (κ1) is 10.6. The van der Waals surface area contributed by atoms with Gasteiger partial charge in [-0.1, -0.05) is 31.4 Å². The zero-order valence-corrected chi connectivity index (χ0v) is 10.1.